The number of nitrogens with one attached hydrogen (secondary N) is 1. The summed E-state index contributed by atoms with van der Waals surface area (Å²) in [7, 11) is 0. The van der Waals surface area contributed by atoms with Crippen molar-refractivity contribution in [3.05, 3.63) is 0 Å². The average molecular weight is 251 g/mol. The summed E-state index contributed by atoms with van der Waals surface area (Å²) >= 11 is 0. The van der Waals surface area contributed by atoms with Gasteiger partial charge in [-0.1, -0.05) is 6.42 Å². The Labute approximate surface area is 112 Å². The molecule has 2 unspecified atom stereocenters. The highest BCUT2D eigenvalue weighted by molar-refractivity contribution is 4.89. The molecule has 0 aromatic heterocycles. The number of piperazine rings is 1. The first-order valence-electron chi connectivity index (χ1n) is 8.04. The van der Waals surface area contributed by atoms with Crippen LogP contribution in [0.4, 0.5) is 0 Å². The maximum Gasteiger partial charge on any atom is 0.0113 e. The first-order chi connectivity index (χ1) is 8.83. The van der Waals surface area contributed by atoms with Crippen molar-refractivity contribution in [2.24, 2.45) is 0 Å². The van der Waals surface area contributed by atoms with Crippen LogP contribution in [0.3, 0.4) is 0 Å². The van der Waals surface area contributed by atoms with Gasteiger partial charge in [0.25, 0.3) is 0 Å². The van der Waals surface area contributed by atoms with Gasteiger partial charge in [0.15, 0.2) is 0 Å². The van der Waals surface area contributed by atoms with Crippen LogP contribution in [0.25, 0.3) is 0 Å². The maximum atomic E-state index is 3.69. The molecule has 1 aliphatic carbocycles. The Bertz CT molecular complexity index is 250. The fourth-order valence-corrected chi connectivity index (χ4v) is 3.67. The predicted molar refractivity (Wildman–Crippen MR) is 75.9 cm³/mol. The lowest BCUT2D eigenvalue weighted by Gasteiger charge is -2.39. The van der Waals surface area contributed by atoms with E-state index in [0.29, 0.717) is 0 Å². The fourth-order valence-electron chi connectivity index (χ4n) is 3.67. The number of hydrogen-bond donors (Lipinski definition) is 1. The molecule has 3 nitrogen and oxygen atoms in total. The van der Waals surface area contributed by atoms with Crippen LogP contribution >= 0.6 is 0 Å². The van der Waals surface area contributed by atoms with E-state index in [9.17, 15) is 0 Å². The zero-order valence-electron chi connectivity index (χ0n) is 11.9. The first-order valence-corrected chi connectivity index (χ1v) is 8.04. The second-order valence-electron chi connectivity index (χ2n) is 6.53. The summed E-state index contributed by atoms with van der Waals surface area (Å²) in [5.41, 5.74) is 0. The Morgan fingerprint density at radius 3 is 2.44 bits per heavy atom. The molecule has 3 rings (SSSR count). The normalized spacial score (nSPS) is 33.5. The minimum absolute atomic E-state index is 0.766. The van der Waals surface area contributed by atoms with Crippen molar-refractivity contribution in [2.75, 3.05) is 32.7 Å². The molecule has 0 spiro atoms. The molecule has 1 N–H and O–H groups in total. The summed E-state index contributed by atoms with van der Waals surface area (Å²) in [6.45, 7) is 8.89. The van der Waals surface area contributed by atoms with E-state index in [1.165, 1.54) is 71.2 Å². The standard InChI is InChI=1S/C15H29N3/c1-13(12-14-4-2-3-7-16-14)17-8-10-18(11-9-17)15-5-6-15/h13-16H,2-12H2,1H3. The molecule has 0 radical (unpaired) electrons. The second kappa shape index (κ2) is 5.89. The molecule has 2 saturated heterocycles. The Kier molecular flexibility index (Phi) is 4.22. The van der Waals surface area contributed by atoms with Gasteiger partial charge in [-0.15, -0.1) is 0 Å². The van der Waals surface area contributed by atoms with Crippen LogP contribution in [-0.2, 0) is 0 Å². The third kappa shape index (κ3) is 3.25. The van der Waals surface area contributed by atoms with Gasteiger partial charge < -0.3 is 5.32 Å². The fraction of sp³-hybridized carbons (Fsp3) is 1.00. The molecule has 18 heavy (non-hydrogen) atoms. The second-order valence-corrected chi connectivity index (χ2v) is 6.53. The quantitative estimate of drug-likeness (QED) is 0.820. The van der Waals surface area contributed by atoms with Gasteiger partial charge in [-0.25, -0.2) is 0 Å². The van der Waals surface area contributed by atoms with E-state index in [1.807, 2.05) is 0 Å². The average Bonchev–Trinajstić information content (AvgIpc) is 3.24. The molecule has 0 bridgehead atoms. The van der Waals surface area contributed by atoms with Crippen molar-refractivity contribution in [2.45, 2.75) is 63.6 Å². The van der Waals surface area contributed by atoms with Gasteiger partial charge in [-0.3, -0.25) is 9.80 Å². The molecule has 2 atom stereocenters. The van der Waals surface area contributed by atoms with Crippen molar-refractivity contribution < 1.29 is 0 Å². The Balaban J connectivity index is 1.40. The van der Waals surface area contributed by atoms with E-state index in [1.54, 1.807) is 0 Å². The van der Waals surface area contributed by atoms with Crippen molar-refractivity contribution >= 4 is 0 Å². The van der Waals surface area contributed by atoms with Crippen molar-refractivity contribution in [3.8, 4) is 0 Å². The van der Waals surface area contributed by atoms with Gasteiger partial charge in [-0.05, 0) is 45.6 Å². The Morgan fingerprint density at radius 2 is 1.83 bits per heavy atom. The van der Waals surface area contributed by atoms with Crippen LogP contribution < -0.4 is 5.32 Å². The van der Waals surface area contributed by atoms with Gasteiger partial charge in [0, 0.05) is 44.3 Å². The molecule has 0 amide bonds. The zero-order chi connectivity index (χ0) is 12.4. The molecule has 3 fully saturated rings. The van der Waals surface area contributed by atoms with Gasteiger partial charge in [0.1, 0.15) is 0 Å². The summed E-state index contributed by atoms with van der Waals surface area (Å²) in [5.74, 6) is 0. The molecule has 3 heteroatoms. The van der Waals surface area contributed by atoms with Crippen LogP contribution in [0.2, 0.25) is 0 Å². The lowest BCUT2D eigenvalue weighted by molar-refractivity contribution is 0.0882. The smallest absolute Gasteiger partial charge is 0.0113 e. The molecule has 0 aromatic rings. The van der Waals surface area contributed by atoms with Gasteiger partial charge in [0.2, 0.25) is 0 Å². The van der Waals surface area contributed by atoms with E-state index in [-0.39, 0.29) is 0 Å². The highest BCUT2D eigenvalue weighted by atomic mass is 15.3. The SMILES string of the molecule is CC(CC1CCCCN1)N1CCN(C2CC2)CC1. The minimum atomic E-state index is 0.766. The topological polar surface area (TPSA) is 18.5 Å². The van der Waals surface area contributed by atoms with Crippen LogP contribution in [0, 0.1) is 0 Å². The summed E-state index contributed by atoms with van der Waals surface area (Å²) in [6, 6.07) is 2.51. The van der Waals surface area contributed by atoms with Crippen molar-refractivity contribution in [1.29, 1.82) is 0 Å². The summed E-state index contributed by atoms with van der Waals surface area (Å²) in [4.78, 5) is 5.43. The monoisotopic (exact) mass is 251 g/mol. The predicted octanol–water partition coefficient (Wildman–Crippen LogP) is 1.69. The van der Waals surface area contributed by atoms with Crippen LogP contribution in [0.1, 0.15) is 45.4 Å². The third-order valence-corrected chi connectivity index (χ3v) is 5.07. The number of rotatable bonds is 4. The molecule has 104 valence electrons. The molecule has 2 aliphatic heterocycles. The van der Waals surface area contributed by atoms with Crippen molar-refractivity contribution in [3.63, 3.8) is 0 Å². The Hall–Kier alpha value is -0.120. The van der Waals surface area contributed by atoms with E-state index >= 15 is 0 Å². The lowest BCUT2D eigenvalue weighted by Crippen LogP contribution is -2.51. The maximum absolute atomic E-state index is 3.69. The lowest BCUT2D eigenvalue weighted by atomic mass is 9.98. The largest absolute Gasteiger partial charge is 0.314 e. The van der Waals surface area contributed by atoms with Gasteiger partial charge in [-0.2, -0.15) is 0 Å². The first kappa shape index (κ1) is 12.9. The number of nitrogens with zero attached hydrogens (tertiary/aromatic N) is 2. The molecule has 0 aromatic carbocycles. The Morgan fingerprint density at radius 1 is 1.06 bits per heavy atom. The van der Waals surface area contributed by atoms with Crippen molar-refractivity contribution in [1.82, 2.24) is 15.1 Å². The van der Waals surface area contributed by atoms with Gasteiger partial charge >= 0.3 is 0 Å². The zero-order valence-corrected chi connectivity index (χ0v) is 11.9. The molecule has 2 heterocycles. The highest BCUT2D eigenvalue weighted by Gasteiger charge is 2.32. The van der Waals surface area contributed by atoms with Gasteiger partial charge in [0.05, 0.1) is 0 Å². The molecule has 1 saturated carbocycles. The van der Waals surface area contributed by atoms with E-state index in [0.717, 1.165) is 18.1 Å². The number of piperidine rings is 1. The van der Waals surface area contributed by atoms with E-state index < -0.39 is 0 Å². The summed E-state index contributed by atoms with van der Waals surface area (Å²) in [5, 5.41) is 3.69. The summed E-state index contributed by atoms with van der Waals surface area (Å²) < 4.78 is 0. The van der Waals surface area contributed by atoms with Crippen LogP contribution in [0.5, 0.6) is 0 Å². The molecule has 3 aliphatic rings. The van der Waals surface area contributed by atoms with E-state index in [2.05, 4.69) is 22.0 Å². The summed E-state index contributed by atoms with van der Waals surface area (Å²) in [6.07, 6.45) is 8.48. The van der Waals surface area contributed by atoms with Crippen LogP contribution in [0.15, 0.2) is 0 Å². The van der Waals surface area contributed by atoms with E-state index in [4.69, 9.17) is 0 Å². The minimum Gasteiger partial charge on any atom is -0.314 e. The van der Waals surface area contributed by atoms with Crippen LogP contribution in [-0.4, -0.2) is 60.6 Å². The third-order valence-electron chi connectivity index (χ3n) is 5.07. The highest BCUT2D eigenvalue weighted by Crippen LogP contribution is 2.28. The molecular formula is C15H29N3. The number of hydrogen-bond acceptors (Lipinski definition) is 3. The molecular weight excluding hydrogens is 222 g/mol.